The standard InChI is InChI=1S/C15H22N4O2/c1-12-13(20)17-15(6-3-2-4-7-15)14(21)19(12)11-10-18-9-5-8-16-18/h5,8-9,12H,2-4,6-7,10-11H2,1H3,(H,17,20). The molecule has 6 heteroatoms. The molecule has 1 aliphatic heterocycles. The summed E-state index contributed by atoms with van der Waals surface area (Å²) in [6.45, 7) is 2.94. The molecule has 3 rings (SSSR count). The number of hydrogen-bond donors (Lipinski definition) is 1. The summed E-state index contributed by atoms with van der Waals surface area (Å²) < 4.78 is 1.79. The molecule has 2 heterocycles. The van der Waals surface area contributed by atoms with E-state index in [2.05, 4.69) is 10.4 Å². The molecule has 2 aliphatic rings. The monoisotopic (exact) mass is 290 g/mol. The largest absolute Gasteiger partial charge is 0.340 e. The van der Waals surface area contributed by atoms with Crippen molar-refractivity contribution in [3.63, 3.8) is 0 Å². The van der Waals surface area contributed by atoms with E-state index in [-0.39, 0.29) is 11.8 Å². The Morgan fingerprint density at radius 1 is 1.29 bits per heavy atom. The van der Waals surface area contributed by atoms with E-state index in [0.717, 1.165) is 32.1 Å². The van der Waals surface area contributed by atoms with E-state index in [1.165, 1.54) is 0 Å². The molecule has 1 aromatic heterocycles. The predicted octanol–water partition coefficient (Wildman–Crippen LogP) is 0.933. The van der Waals surface area contributed by atoms with E-state index < -0.39 is 11.6 Å². The van der Waals surface area contributed by atoms with Crippen LogP contribution in [0.4, 0.5) is 0 Å². The van der Waals surface area contributed by atoms with Gasteiger partial charge in [0.25, 0.3) is 0 Å². The van der Waals surface area contributed by atoms with Crippen molar-refractivity contribution in [3.05, 3.63) is 18.5 Å². The Morgan fingerprint density at radius 3 is 2.71 bits per heavy atom. The Kier molecular flexibility index (Phi) is 3.69. The number of amides is 2. The lowest BCUT2D eigenvalue weighted by molar-refractivity contribution is -0.156. The number of carbonyl (C=O) groups is 2. The second-order valence-electron chi connectivity index (χ2n) is 6.08. The summed E-state index contributed by atoms with van der Waals surface area (Å²) in [6, 6.07) is 1.46. The van der Waals surface area contributed by atoms with Crippen molar-refractivity contribution in [2.24, 2.45) is 0 Å². The highest BCUT2D eigenvalue weighted by Crippen LogP contribution is 2.33. The fourth-order valence-electron chi connectivity index (χ4n) is 3.42. The molecule has 1 saturated carbocycles. The molecular weight excluding hydrogens is 268 g/mol. The molecule has 1 saturated heterocycles. The van der Waals surface area contributed by atoms with Crippen molar-refractivity contribution in [1.82, 2.24) is 20.0 Å². The first-order valence-electron chi connectivity index (χ1n) is 7.73. The molecular formula is C15H22N4O2. The van der Waals surface area contributed by atoms with Crippen molar-refractivity contribution in [1.29, 1.82) is 0 Å². The highest BCUT2D eigenvalue weighted by Gasteiger charge is 2.49. The van der Waals surface area contributed by atoms with E-state index in [0.29, 0.717) is 13.1 Å². The fourth-order valence-corrected chi connectivity index (χ4v) is 3.42. The summed E-state index contributed by atoms with van der Waals surface area (Å²) in [5, 5.41) is 7.15. The summed E-state index contributed by atoms with van der Waals surface area (Å²) in [5.41, 5.74) is -0.647. The van der Waals surface area contributed by atoms with Crippen LogP contribution in [0.1, 0.15) is 39.0 Å². The van der Waals surface area contributed by atoms with Gasteiger partial charge in [-0.2, -0.15) is 5.10 Å². The molecule has 1 spiro atoms. The van der Waals surface area contributed by atoms with E-state index >= 15 is 0 Å². The average molecular weight is 290 g/mol. The van der Waals surface area contributed by atoms with Gasteiger partial charge in [-0.15, -0.1) is 0 Å². The van der Waals surface area contributed by atoms with E-state index in [9.17, 15) is 9.59 Å². The highest BCUT2D eigenvalue weighted by molar-refractivity contribution is 5.99. The quantitative estimate of drug-likeness (QED) is 0.900. The molecule has 2 amide bonds. The molecule has 6 nitrogen and oxygen atoms in total. The third-order valence-electron chi connectivity index (χ3n) is 4.72. The molecule has 114 valence electrons. The van der Waals surface area contributed by atoms with Crippen LogP contribution < -0.4 is 5.32 Å². The van der Waals surface area contributed by atoms with Crippen molar-refractivity contribution >= 4 is 11.8 Å². The van der Waals surface area contributed by atoms with Crippen LogP contribution in [0.15, 0.2) is 18.5 Å². The van der Waals surface area contributed by atoms with Gasteiger partial charge in [0.05, 0.1) is 6.54 Å². The van der Waals surface area contributed by atoms with Gasteiger partial charge in [-0.1, -0.05) is 19.3 Å². The average Bonchev–Trinajstić information content (AvgIpc) is 3.00. The van der Waals surface area contributed by atoms with Gasteiger partial charge in [0.15, 0.2) is 0 Å². The van der Waals surface area contributed by atoms with Gasteiger partial charge in [0.2, 0.25) is 11.8 Å². The Hall–Kier alpha value is -1.85. The van der Waals surface area contributed by atoms with E-state index in [4.69, 9.17) is 0 Å². The van der Waals surface area contributed by atoms with Crippen LogP contribution >= 0.6 is 0 Å². The molecule has 1 aromatic rings. The van der Waals surface area contributed by atoms with Crippen LogP contribution in [0.2, 0.25) is 0 Å². The van der Waals surface area contributed by atoms with Crippen LogP contribution in [0, 0.1) is 0 Å². The van der Waals surface area contributed by atoms with Gasteiger partial charge >= 0.3 is 0 Å². The van der Waals surface area contributed by atoms with Crippen LogP contribution in [0.5, 0.6) is 0 Å². The van der Waals surface area contributed by atoms with Crippen molar-refractivity contribution in [2.75, 3.05) is 6.54 Å². The first-order chi connectivity index (χ1) is 10.1. The fraction of sp³-hybridized carbons (Fsp3) is 0.667. The molecule has 1 N–H and O–H groups in total. The Morgan fingerprint density at radius 2 is 2.05 bits per heavy atom. The zero-order chi connectivity index (χ0) is 14.9. The van der Waals surface area contributed by atoms with Gasteiger partial charge in [-0.3, -0.25) is 14.3 Å². The van der Waals surface area contributed by atoms with Crippen molar-refractivity contribution in [3.8, 4) is 0 Å². The third-order valence-corrected chi connectivity index (χ3v) is 4.72. The number of piperazine rings is 1. The maximum atomic E-state index is 12.9. The Bertz CT molecular complexity index is 520. The van der Waals surface area contributed by atoms with Crippen molar-refractivity contribution in [2.45, 2.75) is 57.2 Å². The molecule has 0 radical (unpaired) electrons. The minimum Gasteiger partial charge on any atom is -0.340 e. The third kappa shape index (κ3) is 2.54. The molecule has 1 atom stereocenters. The predicted molar refractivity (Wildman–Crippen MR) is 77.4 cm³/mol. The number of carbonyl (C=O) groups excluding carboxylic acids is 2. The lowest BCUT2D eigenvalue weighted by atomic mass is 9.78. The SMILES string of the molecule is CC1C(=O)NC2(CCCCC2)C(=O)N1CCn1cccn1. The van der Waals surface area contributed by atoms with E-state index in [1.54, 1.807) is 22.7 Å². The lowest BCUT2D eigenvalue weighted by Gasteiger charge is -2.46. The highest BCUT2D eigenvalue weighted by atomic mass is 16.2. The number of hydrogen-bond acceptors (Lipinski definition) is 3. The number of nitrogens with zero attached hydrogens (tertiary/aromatic N) is 3. The van der Waals surface area contributed by atoms with Gasteiger partial charge in [0.1, 0.15) is 11.6 Å². The van der Waals surface area contributed by atoms with Gasteiger partial charge in [-0.05, 0) is 25.8 Å². The van der Waals surface area contributed by atoms with Crippen LogP contribution in [0.3, 0.4) is 0 Å². The first-order valence-corrected chi connectivity index (χ1v) is 7.73. The second kappa shape index (κ2) is 5.50. The van der Waals surface area contributed by atoms with Gasteiger partial charge in [-0.25, -0.2) is 0 Å². The van der Waals surface area contributed by atoms with E-state index in [1.807, 2.05) is 12.3 Å². The number of nitrogens with one attached hydrogen (secondary N) is 1. The molecule has 21 heavy (non-hydrogen) atoms. The van der Waals surface area contributed by atoms with Gasteiger partial charge in [0, 0.05) is 18.9 Å². The summed E-state index contributed by atoms with van der Waals surface area (Å²) in [6.07, 6.45) is 8.28. The summed E-state index contributed by atoms with van der Waals surface area (Å²) in [7, 11) is 0. The molecule has 2 fully saturated rings. The van der Waals surface area contributed by atoms with Gasteiger partial charge < -0.3 is 10.2 Å². The normalized spacial score (nSPS) is 25.2. The maximum Gasteiger partial charge on any atom is 0.249 e. The molecule has 0 bridgehead atoms. The minimum absolute atomic E-state index is 0.0306. The van der Waals surface area contributed by atoms with Crippen LogP contribution in [0.25, 0.3) is 0 Å². The summed E-state index contributed by atoms with van der Waals surface area (Å²) in [5.74, 6) is 0.0541. The van der Waals surface area contributed by atoms with Crippen LogP contribution in [-0.4, -0.2) is 44.6 Å². The lowest BCUT2D eigenvalue weighted by Crippen LogP contribution is -2.70. The maximum absolute atomic E-state index is 12.9. The number of rotatable bonds is 3. The molecule has 1 unspecified atom stereocenters. The summed E-state index contributed by atoms with van der Waals surface area (Å²) in [4.78, 5) is 26.9. The zero-order valence-electron chi connectivity index (χ0n) is 12.4. The smallest absolute Gasteiger partial charge is 0.249 e. The molecule has 0 aromatic carbocycles. The Labute approximate surface area is 124 Å². The topological polar surface area (TPSA) is 67.2 Å². The second-order valence-corrected chi connectivity index (χ2v) is 6.08. The van der Waals surface area contributed by atoms with Crippen molar-refractivity contribution < 1.29 is 9.59 Å². The summed E-state index contributed by atoms with van der Waals surface area (Å²) >= 11 is 0. The Balaban J connectivity index is 1.76. The van der Waals surface area contributed by atoms with Crippen LogP contribution in [-0.2, 0) is 16.1 Å². The minimum atomic E-state index is -0.647. The molecule has 1 aliphatic carbocycles. The first kappa shape index (κ1) is 14.1. The zero-order valence-corrected chi connectivity index (χ0v) is 12.4. The number of aromatic nitrogens is 2.